The van der Waals surface area contributed by atoms with Gasteiger partial charge in [0.25, 0.3) is 0 Å². The van der Waals surface area contributed by atoms with E-state index in [1.54, 1.807) is 12.1 Å². The number of phenolic OH excluding ortho intramolecular Hbond substituents is 1. The smallest absolute Gasteiger partial charge is 0.389 e. The number of carbonyl (C=O) groups is 1. The largest absolute Gasteiger partial charge is 0.504 e. The Morgan fingerprint density at radius 2 is 1.96 bits per heavy atom. The van der Waals surface area contributed by atoms with Crippen molar-refractivity contribution in [3.63, 3.8) is 0 Å². The molecule has 2 rings (SSSR count). The minimum atomic E-state index is -4.13. The van der Waals surface area contributed by atoms with E-state index in [-0.39, 0.29) is 43.3 Å². The maximum absolute atomic E-state index is 12.2. The fraction of sp³-hybridized carbons (Fsp3) is 0.632. The average Bonchev–Trinajstić information content (AvgIpc) is 2.61. The van der Waals surface area contributed by atoms with Crippen LogP contribution < -0.4 is 10.1 Å². The first-order valence-electron chi connectivity index (χ1n) is 9.10. The maximum atomic E-state index is 12.2. The van der Waals surface area contributed by atoms with E-state index >= 15 is 0 Å². The number of alkyl halides is 3. The molecule has 0 heterocycles. The number of ether oxygens (including phenoxy) is 2. The predicted molar refractivity (Wildman–Crippen MR) is 93.8 cm³/mol. The van der Waals surface area contributed by atoms with Crippen LogP contribution in [0.2, 0.25) is 0 Å². The molecule has 1 aromatic carbocycles. The number of benzene rings is 1. The molecule has 0 atom stereocenters. The highest BCUT2D eigenvalue weighted by atomic mass is 19.4. The summed E-state index contributed by atoms with van der Waals surface area (Å²) in [7, 11) is 1.45. The molecule has 27 heavy (non-hydrogen) atoms. The zero-order valence-corrected chi connectivity index (χ0v) is 15.3. The number of hydrogen-bond acceptors (Lipinski definition) is 4. The molecule has 5 nitrogen and oxygen atoms in total. The Labute approximate surface area is 156 Å². The molecule has 0 bridgehead atoms. The van der Waals surface area contributed by atoms with Crippen molar-refractivity contribution in [1.29, 1.82) is 0 Å². The summed E-state index contributed by atoms with van der Waals surface area (Å²) < 4.78 is 46.8. The zero-order valence-electron chi connectivity index (χ0n) is 15.3. The third kappa shape index (κ3) is 7.66. The molecule has 152 valence electrons. The highest BCUT2D eigenvalue weighted by molar-refractivity contribution is 5.79. The number of methoxy groups -OCH3 is 1. The SMILES string of the molecule is COc1cc(CC(=O)N[C@H]2CC[C@H](OCCCC(F)(F)F)CC2)ccc1O. The average molecular weight is 389 g/mol. The summed E-state index contributed by atoms with van der Waals surface area (Å²) in [5.74, 6) is 0.232. The first-order valence-corrected chi connectivity index (χ1v) is 9.10. The molecule has 1 aliphatic rings. The van der Waals surface area contributed by atoms with Crippen LogP contribution in [0.25, 0.3) is 0 Å². The first kappa shape index (κ1) is 21.3. The Kier molecular flexibility index (Phi) is 7.77. The van der Waals surface area contributed by atoms with Gasteiger partial charge in [-0.05, 0) is 49.8 Å². The molecule has 1 saturated carbocycles. The summed E-state index contributed by atoms with van der Waals surface area (Å²) >= 11 is 0. The van der Waals surface area contributed by atoms with Crippen molar-refractivity contribution in [1.82, 2.24) is 5.32 Å². The second-order valence-corrected chi connectivity index (χ2v) is 6.81. The predicted octanol–water partition coefficient (Wildman–Crippen LogP) is 3.73. The van der Waals surface area contributed by atoms with Gasteiger partial charge in [-0.3, -0.25) is 4.79 Å². The van der Waals surface area contributed by atoms with Crippen molar-refractivity contribution in [2.45, 2.75) is 63.3 Å². The molecule has 1 aliphatic carbocycles. The fourth-order valence-corrected chi connectivity index (χ4v) is 3.19. The van der Waals surface area contributed by atoms with E-state index in [1.165, 1.54) is 13.2 Å². The van der Waals surface area contributed by atoms with E-state index in [1.807, 2.05) is 0 Å². The van der Waals surface area contributed by atoms with Gasteiger partial charge in [-0.1, -0.05) is 6.07 Å². The Bertz CT molecular complexity index is 613. The fourth-order valence-electron chi connectivity index (χ4n) is 3.19. The van der Waals surface area contributed by atoms with Crippen molar-refractivity contribution >= 4 is 5.91 Å². The number of aromatic hydroxyl groups is 1. The van der Waals surface area contributed by atoms with Gasteiger partial charge in [-0.15, -0.1) is 0 Å². The van der Waals surface area contributed by atoms with Crippen molar-refractivity contribution < 1.29 is 32.5 Å². The van der Waals surface area contributed by atoms with Gasteiger partial charge in [0, 0.05) is 19.1 Å². The number of hydrogen-bond donors (Lipinski definition) is 2. The van der Waals surface area contributed by atoms with E-state index in [9.17, 15) is 23.1 Å². The van der Waals surface area contributed by atoms with Crippen LogP contribution in [-0.2, 0) is 16.0 Å². The molecule has 1 fully saturated rings. The van der Waals surface area contributed by atoms with Crippen LogP contribution in [-0.4, -0.2) is 43.1 Å². The van der Waals surface area contributed by atoms with Crippen LogP contribution in [0.3, 0.4) is 0 Å². The molecule has 0 aliphatic heterocycles. The van der Waals surface area contributed by atoms with Gasteiger partial charge in [0.2, 0.25) is 5.91 Å². The lowest BCUT2D eigenvalue weighted by Crippen LogP contribution is -2.39. The van der Waals surface area contributed by atoms with Gasteiger partial charge in [0.1, 0.15) is 0 Å². The molecular formula is C19H26F3NO4. The third-order valence-corrected chi connectivity index (χ3v) is 4.61. The molecule has 1 amide bonds. The Balaban J connectivity index is 1.67. The van der Waals surface area contributed by atoms with Crippen molar-refractivity contribution in [2.75, 3.05) is 13.7 Å². The van der Waals surface area contributed by atoms with Crippen molar-refractivity contribution in [3.8, 4) is 11.5 Å². The summed E-state index contributed by atoms with van der Waals surface area (Å²) in [5, 5.41) is 12.6. The van der Waals surface area contributed by atoms with E-state index in [2.05, 4.69) is 5.32 Å². The van der Waals surface area contributed by atoms with Crippen LogP contribution in [0.4, 0.5) is 13.2 Å². The molecular weight excluding hydrogens is 363 g/mol. The highest BCUT2D eigenvalue weighted by Gasteiger charge is 2.27. The van der Waals surface area contributed by atoms with Crippen molar-refractivity contribution in [2.24, 2.45) is 0 Å². The lowest BCUT2D eigenvalue weighted by molar-refractivity contribution is -0.139. The number of amides is 1. The molecule has 0 spiro atoms. The second-order valence-electron chi connectivity index (χ2n) is 6.81. The molecule has 0 radical (unpaired) electrons. The van der Waals surface area contributed by atoms with Gasteiger partial charge >= 0.3 is 6.18 Å². The number of phenols is 1. The summed E-state index contributed by atoms with van der Waals surface area (Å²) in [6, 6.07) is 4.83. The lowest BCUT2D eigenvalue weighted by Gasteiger charge is -2.29. The number of nitrogens with one attached hydrogen (secondary N) is 1. The number of carbonyl (C=O) groups excluding carboxylic acids is 1. The molecule has 0 aromatic heterocycles. The Morgan fingerprint density at radius 3 is 2.59 bits per heavy atom. The maximum Gasteiger partial charge on any atom is 0.389 e. The quantitative estimate of drug-likeness (QED) is 0.665. The van der Waals surface area contributed by atoms with E-state index in [4.69, 9.17) is 9.47 Å². The zero-order chi connectivity index (χ0) is 19.9. The van der Waals surface area contributed by atoms with Gasteiger partial charge < -0.3 is 19.9 Å². The molecule has 8 heteroatoms. The summed E-state index contributed by atoms with van der Waals surface area (Å²) in [5.41, 5.74) is 0.740. The number of rotatable bonds is 8. The van der Waals surface area contributed by atoms with Gasteiger partial charge in [-0.2, -0.15) is 13.2 Å². The summed E-state index contributed by atoms with van der Waals surface area (Å²) in [6.07, 6.45) is -1.88. The minimum absolute atomic E-state index is 0.0176. The monoisotopic (exact) mass is 389 g/mol. The second kappa shape index (κ2) is 9.82. The minimum Gasteiger partial charge on any atom is -0.504 e. The Hall–Kier alpha value is -1.96. The van der Waals surface area contributed by atoms with Crippen LogP contribution in [0, 0.1) is 0 Å². The van der Waals surface area contributed by atoms with E-state index < -0.39 is 12.6 Å². The topological polar surface area (TPSA) is 67.8 Å². The van der Waals surface area contributed by atoms with Crippen LogP contribution in [0.1, 0.15) is 44.1 Å². The first-order chi connectivity index (χ1) is 12.8. The normalized spacial score (nSPS) is 20.3. The van der Waals surface area contributed by atoms with Gasteiger partial charge in [0.15, 0.2) is 11.5 Å². The van der Waals surface area contributed by atoms with E-state index in [0.717, 1.165) is 31.2 Å². The van der Waals surface area contributed by atoms with Gasteiger partial charge in [0.05, 0.1) is 19.6 Å². The van der Waals surface area contributed by atoms with Gasteiger partial charge in [-0.25, -0.2) is 0 Å². The summed E-state index contributed by atoms with van der Waals surface area (Å²) in [6.45, 7) is 0.115. The molecule has 1 aromatic rings. The molecule has 0 unspecified atom stereocenters. The Morgan fingerprint density at radius 1 is 1.26 bits per heavy atom. The van der Waals surface area contributed by atoms with Crippen LogP contribution >= 0.6 is 0 Å². The van der Waals surface area contributed by atoms with Crippen LogP contribution in [0.5, 0.6) is 11.5 Å². The lowest BCUT2D eigenvalue weighted by atomic mass is 9.92. The highest BCUT2D eigenvalue weighted by Crippen LogP contribution is 2.27. The van der Waals surface area contributed by atoms with Crippen molar-refractivity contribution in [3.05, 3.63) is 23.8 Å². The molecule has 0 saturated heterocycles. The standard InChI is InChI=1S/C19H26F3NO4/c1-26-17-11-13(3-8-16(17)24)12-18(25)23-14-4-6-15(7-5-14)27-10-2-9-19(20,21)22/h3,8,11,14-15,24H,2,4-7,9-10,12H2,1H3,(H,23,25)/t14-,15-. The number of halogens is 3. The van der Waals surface area contributed by atoms with Crippen LogP contribution in [0.15, 0.2) is 18.2 Å². The summed E-state index contributed by atoms with van der Waals surface area (Å²) in [4.78, 5) is 12.2. The third-order valence-electron chi connectivity index (χ3n) is 4.61. The van der Waals surface area contributed by atoms with E-state index in [0.29, 0.717) is 5.75 Å². The molecule has 2 N–H and O–H groups in total.